The summed E-state index contributed by atoms with van der Waals surface area (Å²) < 4.78 is 7.15. The Balaban J connectivity index is 1.21. The van der Waals surface area contributed by atoms with Gasteiger partial charge >= 0.3 is 0 Å². The number of fused-ring (bicyclic) bond motifs is 3. The Hall–Kier alpha value is -4.80. The third-order valence-electron chi connectivity index (χ3n) is 8.91. The quantitative estimate of drug-likeness (QED) is 0.306. The van der Waals surface area contributed by atoms with Gasteiger partial charge in [0.15, 0.2) is 5.65 Å². The van der Waals surface area contributed by atoms with Gasteiger partial charge in [0.1, 0.15) is 17.9 Å². The molecular formula is C31H33N9O2. The molecule has 0 spiro atoms. The number of amides is 1. The second-order valence-electron chi connectivity index (χ2n) is 11.2. The molecule has 3 N–H and O–H groups in total. The fourth-order valence-corrected chi connectivity index (χ4v) is 6.89. The first-order chi connectivity index (χ1) is 20.5. The summed E-state index contributed by atoms with van der Waals surface area (Å²) in [4.78, 5) is 29.3. The van der Waals surface area contributed by atoms with Gasteiger partial charge in [-0.1, -0.05) is 13.0 Å². The molecule has 2 aliphatic rings. The Bertz CT molecular complexity index is 1760. The lowest BCUT2D eigenvalue weighted by atomic mass is 9.85. The molecule has 7 rings (SSSR count). The van der Waals surface area contributed by atoms with Crippen LogP contribution in [0.1, 0.15) is 66.0 Å². The molecule has 0 aliphatic carbocycles. The van der Waals surface area contributed by atoms with Crippen molar-refractivity contribution in [3.8, 4) is 28.1 Å². The molecule has 2 aliphatic heterocycles. The predicted octanol–water partition coefficient (Wildman–Crippen LogP) is 4.59. The molecule has 11 heteroatoms. The van der Waals surface area contributed by atoms with Gasteiger partial charge in [0.05, 0.1) is 24.7 Å². The van der Waals surface area contributed by atoms with Gasteiger partial charge < -0.3 is 15.4 Å². The van der Waals surface area contributed by atoms with Crippen LogP contribution in [0, 0.1) is 6.92 Å². The average molecular weight is 564 g/mol. The van der Waals surface area contributed by atoms with Gasteiger partial charge in [0, 0.05) is 46.5 Å². The fraction of sp³-hybridized carbons (Fsp3) is 0.355. The summed E-state index contributed by atoms with van der Waals surface area (Å²) in [5, 5.41) is 11.2. The van der Waals surface area contributed by atoms with Gasteiger partial charge in [-0.25, -0.2) is 9.97 Å². The highest BCUT2D eigenvalue weighted by Crippen LogP contribution is 2.45. The number of nitrogen functional groups attached to an aromatic ring is 1. The number of benzene rings is 1. The topological polar surface area (TPSA) is 140 Å². The van der Waals surface area contributed by atoms with Gasteiger partial charge in [-0.05, 0) is 68.9 Å². The zero-order chi connectivity index (χ0) is 29.0. The predicted molar refractivity (Wildman–Crippen MR) is 158 cm³/mol. The molecule has 11 nitrogen and oxygen atoms in total. The number of methoxy groups -OCH3 is 1. The van der Waals surface area contributed by atoms with E-state index in [0.717, 1.165) is 82.7 Å². The van der Waals surface area contributed by atoms with Gasteiger partial charge in [-0.2, -0.15) is 14.7 Å². The van der Waals surface area contributed by atoms with Crippen molar-refractivity contribution in [2.45, 2.75) is 64.0 Å². The molecular weight excluding hydrogens is 530 g/mol. The molecule has 4 aromatic heterocycles. The maximum atomic E-state index is 13.2. The minimum atomic E-state index is -0.0732. The van der Waals surface area contributed by atoms with E-state index in [4.69, 9.17) is 20.4 Å². The Kier molecular flexibility index (Phi) is 6.37. The number of nitrogens with two attached hydrogens (primary N) is 1. The number of nitrogens with one attached hydrogen (secondary N) is 1. The summed E-state index contributed by atoms with van der Waals surface area (Å²) in [5.74, 6) is 1.90. The van der Waals surface area contributed by atoms with E-state index in [1.54, 1.807) is 11.6 Å². The van der Waals surface area contributed by atoms with E-state index in [1.807, 2.05) is 42.4 Å². The lowest BCUT2D eigenvalue weighted by Crippen LogP contribution is -2.46. The van der Waals surface area contributed by atoms with Gasteiger partial charge in [0.2, 0.25) is 5.82 Å². The van der Waals surface area contributed by atoms with Crippen molar-refractivity contribution in [2.75, 3.05) is 12.8 Å². The van der Waals surface area contributed by atoms with Crippen molar-refractivity contribution >= 4 is 17.4 Å². The number of anilines is 1. The number of rotatable bonds is 6. The molecule has 2 atom stereocenters. The largest absolute Gasteiger partial charge is 0.496 e. The molecule has 214 valence electrons. The van der Waals surface area contributed by atoms with Crippen LogP contribution >= 0.6 is 0 Å². The number of piperidine rings is 1. The monoisotopic (exact) mass is 563 g/mol. The lowest BCUT2D eigenvalue weighted by Gasteiger charge is -2.38. The maximum Gasteiger partial charge on any atom is 0.291 e. The Labute approximate surface area is 243 Å². The first-order valence-electron chi connectivity index (χ1n) is 14.4. The lowest BCUT2D eigenvalue weighted by molar-refractivity contribution is 0.0557. The highest BCUT2D eigenvalue weighted by molar-refractivity contribution is 5.91. The van der Waals surface area contributed by atoms with Crippen LogP contribution in [0.3, 0.4) is 0 Å². The van der Waals surface area contributed by atoms with Crippen molar-refractivity contribution in [1.29, 1.82) is 0 Å². The first kappa shape index (κ1) is 26.1. The highest BCUT2D eigenvalue weighted by atomic mass is 16.5. The van der Waals surface area contributed by atoms with E-state index < -0.39 is 0 Å². The zero-order valence-electron chi connectivity index (χ0n) is 23.9. The average Bonchev–Trinajstić information content (AvgIpc) is 3.75. The van der Waals surface area contributed by atoms with Crippen molar-refractivity contribution in [3.63, 3.8) is 0 Å². The second kappa shape index (κ2) is 10.2. The highest BCUT2D eigenvalue weighted by Gasteiger charge is 2.45. The molecule has 5 aromatic rings. The van der Waals surface area contributed by atoms with E-state index in [2.05, 4.69) is 39.3 Å². The molecule has 6 heterocycles. The minimum Gasteiger partial charge on any atom is -0.496 e. The van der Waals surface area contributed by atoms with Gasteiger partial charge in [0.25, 0.3) is 5.91 Å². The standard InChI is InChI=1S/C31H33N9O2/c1-4-23-27(20-12-21-7-8-22(13-20)39(21)31(41)29-34-16-35-38-29)37-30-24(15-36-40(30)28(23)32)19-5-9-25(33-14-19)18-6-10-26(42-3)17(2)11-18/h5-6,9-11,14-16,20-22H,4,7-8,12-13,32H2,1-3H3,(H,34,35,38). The molecule has 2 fully saturated rings. The molecule has 42 heavy (non-hydrogen) atoms. The summed E-state index contributed by atoms with van der Waals surface area (Å²) >= 11 is 0. The summed E-state index contributed by atoms with van der Waals surface area (Å²) in [6, 6.07) is 10.4. The first-order valence-corrected chi connectivity index (χ1v) is 14.4. The molecule has 0 radical (unpaired) electrons. The number of hydrogen-bond acceptors (Lipinski definition) is 8. The Morgan fingerprint density at radius 2 is 1.88 bits per heavy atom. The summed E-state index contributed by atoms with van der Waals surface area (Å²) in [6.45, 7) is 4.13. The number of carbonyl (C=O) groups is 1. The third kappa shape index (κ3) is 4.18. The number of pyridine rings is 1. The number of ether oxygens (including phenoxy) is 1. The van der Waals surface area contributed by atoms with Gasteiger partial charge in [-0.15, -0.1) is 0 Å². The van der Waals surface area contributed by atoms with Crippen LogP contribution in [-0.2, 0) is 6.42 Å². The van der Waals surface area contributed by atoms with Crippen LogP contribution in [0.15, 0.2) is 49.1 Å². The number of nitrogens with zero attached hydrogens (tertiary/aromatic N) is 7. The van der Waals surface area contributed by atoms with E-state index in [-0.39, 0.29) is 23.9 Å². The van der Waals surface area contributed by atoms with E-state index in [9.17, 15) is 4.79 Å². The number of aryl methyl sites for hydroxylation is 1. The van der Waals surface area contributed by atoms with E-state index in [0.29, 0.717) is 11.6 Å². The summed E-state index contributed by atoms with van der Waals surface area (Å²) in [7, 11) is 1.68. The fourth-order valence-electron chi connectivity index (χ4n) is 6.89. The molecule has 0 saturated carbocycles. The van der Waals surface area contributed by atoms with E-state index >= 15 is 0 Å². The Morgan fingerprint density at radius 3 is 2.52 bits per heavy atom. The van der Waals surface area contributed by atoms with Crippen molar-refractivity contribution in [1.82, 2.24) is 39.7 Å². The van der Waals surface area contributed by atoms with Crippen molar-refractivity contribution in [2.24, 2.45) is 0 Å². The minimum absolute atomic E-state index is 0.0732. The third-order valence-corrected chi connectivity index (χ3v) is 8.91. The number of H-pyrrole nitrogens is 1. The molecule has 1 aromatic carbocycles. The van der Waals surface area contributed by atoms with Crippen molar-refractivity contribution in [3.05, 3.63) is 71.7 Å². The van der Waals surface area contributed by atoms with Crippen LogP contribution in [0.4, 0.5) is 5.82 Å². The number of aromatic nitrogens is 7. The van der Waals surface area contributed by atoms with Crippen molar-refractivity contribution < 1.29 is 9.53 Å². The smallest absolute Gasteiger partial charge is 0.291 e. The Morgan fingerprint density at radius 1 is 1.10 bits per heavy atom. The van der Waals surface area contributed by atoms with Crippen LogP contribution < -0.4 is 10.5 Å². The second-order valence-corrected chi connectivity index (χ2v) is 11.2. The summed E-state index contributed by atoms with van der Waals surface area (Å²) in [6.07, 6.45) is 9.45. The zero-order valence-corrected chi connectivity index (χ0v) is 23.9. The maximum absolute atomic E-state index is 13.2. The van der Waals surface area contributed by atoms with Crippen LogP contribution in [0.2, 0.25) is 0 Å². The van der Waals surface area contributed by atoms with Crippen LogP contribution in [-0.4, -0.2) is 64.8 Å². The van der Waals surface area contributed by atoms with E-state index in [1.165, 1.54) is 6.33 Å². The number of hydrogen-bond donors (Lipinski definition) is 2. The molecule has 1 amide bonds. The molecule has 2 saturated heterocycles. The number of carbonyl (C=O) groups excluding carboxylic acids is 1. The summed E-state index contributed by atoms with van der Waals surface area (Å²) in [5.41, 5.74) is 14.3. The van der Waals surface area contributed by atoms with Crippen LogP contribution in [0.5, 0.6) is 5.75 Å². The number of aromatic amines is 1. The normalized spacial score (nSPS) is 19.9. The molecule has 2 bridgehead atoms. The SMILES string of the molecule is CCc1c(C2CC3CCC(C2)N3C(=O)c2ncn[nH]2)nc2c(-c3ccc(-c4ccc(OC)c(C)c4)nc3)cnn2c1N. The van der Waals surface area contributed by atoms with Gasteiger partial charge in [-0.3, -0.25) is 14.9 Å². The van der Waals surface area contributed by atoms with Crippen LogP contribution in [0.25, 0.3) is 28.0 Å². The molecule has 2 unspecified atom stereocenters.